The fourth-order valence-corrected chi connectivity index (χ4v) is 5.68. The third-order valence-electron chi connectivity index (χ3n) is 8.45. The van der Waals surface area contributed by atoms with Crippen molar-refractivity contribution >= 4 is 8.32 Å². The van der Waals surface area contributed by atoms with Gasteiger partial charge in [-0.15, -0.1) is 0 Å². The monoisotopic (exact) mass is 591 g/mol. The number of hydrogen-bond donors (Lipinski definition) is 0. The van der Waals surface area contributed by atoms with Crippen LogP contribution in [0.4, 0.5) is 4.39 Å². The van der Waals surface area contributed by atoms with Gasteiger partial charge < -0.3 is 13.9 Å². The number of benzene rings is 1. The molecule has 0 heterocycles. The largest absolute Gasteiger partial charge is 0.414 e. The molecular weight excluding hydrogens is 529 g/mol. The van der Waals surface area contributed by atoms with E-state index in [-0.39, 0.29) is 17.7 Å². The summed E-state index contributed by atoms with van der Waals surface area (Å²) in [5.41, 5.74) is 0.953. The van der Waals surface area contributed by atoms with Crippen molar-refractivity contribution in [3.8, 4) is 6.07 Å². The molecule has 0 radical (unpaired) electrons. The molecular formula is C35H62FNO3Si. The van der Waals surface area contributed by atoms with Crippen LogP contribution in [0.15, 0.2) is 18.2 Å². The molecule has 0 aliphatic carbocycles. The second-order valence-electron chi connectivity index (χ2n) is 13.3. The Morgan fingerprint density at radius 2 is 1.29 bits per heavy atom. The van der Waals surface area contributed by atoms with E-state index in [4.69, 9.17) is 19.2 Å². The Hall–Kier alpha value is -1.26. The van der Waals surface area contributed by atoms with Gasteiger partial charge in [-0.2, -0.15) is 5.26 Å². The minimum absolute atomic E-state index is 0.107. The van der Waals surface area contributed by atoms with E-state index in [0.717, 1.165) is 13.0 Å². The highest BCUT2D eigenvalue weighted by atomic mass is 28.4. The van der Waals surface area contributed by atoms with Crippen LogP contribution >= 0.6 is 0 Å². The van der Waals surface area contributed by atoms with E-state index in [1.54, 1.807) is 6.07 Å². The average Bonchev–Trinajstić information content (AvgIpc) is 2.92. The number of nitriles is 1. The lowest BCUT2D eigenvalue weighted by atomic mass is 10.0. The summed E-state index contributed by atoms with van der Waals surface area (Å²) < 4.78 is 32.4. The third-order valence-corrected chi connectivity index (χ3v) is 13.0. The van der Waals surface area contributed by atoms with Crippen LogP contribution in [-0.4, -0.2) is 34.2 Å². The van der Waals surface area contributed by atoms with Gasteiger partial charge in [0.15, 0.2) is 8.32 Å². The highest BCUT2D eigenvalue weighted by Gasteiger charge is 2.37. The van der Waals surface area contributed by atoms with Crippen LogP contribution in [-0.2, 0) is 20.5 Å². The standard InChI is InChI=1S/C35H62FNO3Si/c1-7-8-9-10-11-12-13-14-15-16-17-18-19-20-21-22-23-38-29-34(30-40-41(5,6)35(2,3)4)39-28-32-24-31(27-37)25-33(36)26-32/h24-26,34H,7-23,28-30H2,1-6H3/t34-/m1/s1. The molecule has 0 amide bonds. The van der Waals surface area contributed by atoms with Gasteiger partial charge in [-0.1, -0.05) is 124 Å². The molecule has 0 saturated carbocycles. The van der Waals surface area contributed by atoms with Gasteiger partial charge in [0.1, 0.15) is 11.9 Å². The van der Waals surface area contributed by atoms with Crippen molar-refractivity contribution in [3.63, 3.8) is 0 Å². The maximum atomic E-state index is 13.9. The highest BCUT2D eigenvalue weighted by Crippen LogP contribution is 2.36. The normalized spacial score (nSPS) is 12.9. The predicted octanol–water partition coefficient (Wildman–Crippen LogP) is 10.9. The number of halogens is 1. The van der Waals surface area contributed by atoms with Crippen molar-refractivity contribution in [1.29, 1.82) is 5.26 Å². The van der Waals surface area contributed by atoms with Gasteiger partial charge >= 0.3 is 0 Å². The summed E-state index contributed by atoms with van der Waals surface area (Å²) in [6.07, 6.45) is 21.4. The molecule has 0 spiro atoms. The van der Waals surface area contributed by atoms with Crippen LogP contribution < -0.4 is 0 Å². The first-order valence-electron chi connectivity index (χ1n) is 16.6. The van der Waals surface area contributed by atoms with E-state index < -0.39 is 14.1 Å². The molecule has 0 aromatic heterocycles. The van der Waals surface area contributed by atoms with Crippen LogP contribution in [0.3, 0.4) is 0 Å². The first-order chi connectivity index (χ1) is 19.6. The summed E-state index contributed by atoms with van der Waals surface area (Å²) in [5, 5.41) is 9.25. The summed E-state index contributed by atoms with van der Waals surface area (Å²) >= 11 is 0. The summed E-state index contributed by atoms with van der Waals surface area (Å²) in [7, 11) is -1.93. The van der Waals surface area contributed by atoms with Gasteiger partial charge in [0.2, 0.25) is 0 Å². The van der Waals surface area contributed by atoms with Crippen LogP contribution in [0.1, 0.15) is 142 Å². The molecule has 0 aliphatic rings. The Morgan fingerprint density at radius 1 is 0.780 bits per heavy atom. The molecule has 1 rings (SSSR count). The zero-order chi connectivity index (χ0) is 30.4. The van der Waals surface area contributed by atoms with Crippen LogP contribution in [0.25, 0.3) is 0 Å². The van der Waals surface area contributed by atoms with Gasteiger partial charge in [0, 0.05) is 6.61 Å². The summed E-state index contributed by atoms with van der Waals surface area (Å²) in [5.74, 6) is -0.420. The zero-order valence-corrected chi connectivity index (χ0v) is 28.5. The Labute approximate surface area is 253 Å². The van der Waals surface area contributed by atoms with Crippen LogP contribution in [0.2, 0.25) is 18.1 Å². The first-order valence-corrected chi connectivity index (χ1v) is 19.5. The van der Waals surface area contributed by atoms with Gasteiger partial charge in [-0.25, -0.2) is 4.39 Å². The molecule has 0 fully saturated rings. The second kappa shape index (κ2) is 22.3. The third kappa shape index (κ3) is 18.8. The Balaban J connectivity index is 2.22. The van der Waals surface area contributed by atoms with Crippen LogP contribution in [0.5, 0.6) is 0 Å². The lowest BCUT2D eigenvalue weighted by Crippen LogP contribution is -2.43. The zero-order valence-electron chi connectivity index (χ0n) is 27.5. The van der Waals surface area contributed by atoms with Crippen LogP contribution in [0, 0.1) is 17.1 Å². The Morgan fingerprint density at radius 3 is 1.78 bits per heavy atom. The molecule has 4 nitrogen and oxygen atoms in total. The number of unbranched alkanes of at least 4 members (excludes halogenated alkanes) is 15. The van der Waals surface area contributed by atoms with Gasteiger partial charge in [0.25, 0.3) is 0 Å². The van der Waals surface area contributed by atoms with E-state index in [0.29, 0.717) is 24.3 Å². The molecule has 6 heteroatoms. The fraction of sp³-hybridized carbons (Fsp3) is 0.800. The molecule has 0 N–H and O–H groups in total. The lowest BCUT2D eigenvalue weighted by molar-refractivity contribution is -0.0477. The number of rotatable bonds is 25. The van der Waals surface area contributed by atoms with Gasteiger partial charge in [0.05, 0.1) is 31.5 Å². The van der Waals surface area contributed by atoms with Crippen molar-refractivity contribution < 1.29 is 18.3 Å². The minimum Gasteiger partial charge on any atom is -0.414 e. The molecule has 1 aromatic rings. The molecule has 41 heavy (non-hydrogen) atoms. The molecule has 0 saturated heterocycles. The van der Waals surface area contributed by atoms with Crippen molar-refractivity contribution in [2.24, 2.45) is 0 Å². The SMILES string of the molecule is CCCCCCCCCCCCCCCCCCOC[C@H](CO[Si](C)(C)C(C)(C)C)OCc1cc(F)cc(C#N)c1. The molecule has 1 aromatic carbocycles. The van der Waals surface area contributed by atoms with E-state index in [9.17, 15) is 4.39 Å². The predicted molar refractivity (Wildman–Crippen MR) is 173 cm³/mol. The van der Waals surface area contributed by atoms with E-state index in [2.05, 4.69) is 40.8 Å². The summed E-state index contributed by atoms with van der Waals surface area (Å²) in [4.78, 5) is 0. The second-order valence-corrected chi connectivity index (χ2v) is 18.2. The number of ether oxygens (including phenoxy) is 2. The maximum Gasteiger partial charge on any atom is 0.192 e. The molecule has 0 bridgehead atoms. The number of nitrogens with zero attached hydrogens (tertiary/aromatic N) is 1. The quantitative estimate of drug-likeness (QED) is 0.0838. The maximum absolute atomic E-state index is 13.9. The summed E-state index contributed by atoms with van der Waals surface area (Å²) in [6, 6.07) is 6.34. The minimum atomic E-state index is -1.93. The number of hydrogen-bond acceptors (Lipinski definition) is 4. The fourth-order valence-electron chi connectivity index (χ4n) is 4.64. The molecule has 1 atom stereocenters. The lowest BCUT2D eigenvalue weighted by Gasteiger charge is -2.37. The summed E-state index contributed by atoms with van der Waals surface area (Å²) in [6.45, 7) is 15.3. The van der Waals surface area contributed by atoms with E-state index in [1.807, 2.05) is 6.07 Å². The molecule has 0 unspecified atom stereocenters. The first kappa shape index (κ1) is 37.8. The highest BCUT2D eigenvalue weighted by molar-refractivity contribution is 6.74. The van der Waals surface area contributed by atoms with Crippen molar-refractivity contribution in [2.75, 3.05) is 19.8 Å². The average molecular weight is 592 g/mol. The van der Waals surface area contributed by atoms with E-state index >= 15 is 0 Å². The van der Waals surface area contributed by atoms with Crippen molar-refractivity contribution in [1.82, 2.24) is 0 Å². The molecule has 236 valence electrons. The van der Waals surface area contributed by atoms with Gasteiger partial charge in [-0.3, -0.25) is 0 Å². The smallest absolute Gasteiger partial charge is 0.192 e. The van der Waals surface area contributed by atoms with Crippen molar-refractivity contribution in [3.05, 3.63) is 35.1 Å². The van der Waals surface area contributed by atoms with Crippen molar-refractivity contribution in [2.45, 2.75) is 161 Å². The van der Waals surface area contributed by atoms with E-state index in [1.165, 1.54) is 108 Å². The topological polar surface area (TPSA) is 51.5 Å². The molecule has 0 aliphatic heterocycles. The van der Waals surface area contributed by atoms with Gasteiger partial charge in [-0.05, 0) is 48.3 Å². The Kier molecular flexibility index (Phi) is 20.5. The Bertz CT molecular complexity index is 834.